The number of nitrogens with one attached hydrogen (secondary N) is 1. The number of aliphatic hydroxyl groups is 1. The first-order valence-electron chi connectivity index (χ1n) is 19.3. The van der Waals surface area contributed by atoms with Crippen LogP contribution in [0.5, 0.6) is 11.5 Å². The number of aromatic nitrogens is 2. The number of amides is 2. The maximum absolute atomic E-state index is 13.8. The van der Waals surface area contributed by atoms with Crippen LogP contribution in [0.3, 0.4) is 0 Å². The molecule has 2 aliphatic heterocycles. The summed E-state index contributed by atoms with van der Waals surface area (Å²) in [6.45, 7) is 1.93. The average Bonchev–Trinajstić information content (AvgIpc) is 3.70. The van der Waals surface area contributed by atoms with E-state index in [2.05, 4.69) is 11.9 Å². The van der Waals surface area contributed by atoms with Crippen molar-refractivity contribution in [1.82, 2.24) is 19.7 Å². The normalized spacial score (nSPS) is 19.2. The van der Waals surface area contributed by atoms with Gasteiger partial charge in [-0.3, -0.25) is 28.8 Å². The second-order valence-electron chi connectivity index (χ2n) is 14.1. The van der Waals surface area contributed by atoms with Gasteiger partial charge in [-0.05, 0) is 59.5 Å². The maximum atomic E-state index is 13.8. The third-order valence-corrected chi connectivity index (χ3v) is 10.5. The van der Waals surface area contributed by atoms with Crippen molar-refractivity contribution in [2.45, 2.75) is 62.7 Å². The second-order valence-corrected chi connectivity index (χ2v) is 14.1. The van der Waals surface area contributed by atoms with Crippen LogP contribution in [0.2, 0.25) is 0 Å². The van der Waals surface area contributed by atoms with E-state index >= 15 is 0 Å². The van der Waals surface area contributed by atoms with Crippen LogP contribution in [0.4, 0.5) is 0 Å². The molecule has 3 heterocycles. The van der Waals surface area contributed by atoms with Crippen molar-refractivity contribution in [1.29, 1.82) is 0 Å². The lowest BCUT2D eigenvalue weighted by Gasteiger charge is -2.37. The van der Waals surface area contributed by atoms with E-state index in [9.17, 15) is 24.3 Å². The molecular weight excluding hydrogens is 745 g/mol. The predicted octanol–water partition coefficient (Wildman–Crippen LogP) is 5.21. The summed E-state index contributed by atoms with van der Waals surface area (Å²) in [7, 11) is 3.17. The van der Waals surface area contributed by atoms with Gasteiger partial charge in [0.2, 0.25) is 0 Å². The highest BCUT2D eigenvalue weighted by Crippen LogP contribution is 2.43. The first kappa shape index (κ1) is 40.3. The van der Waals surface area contributed by atoms with Crippen molar-refractivity contribution in [3.05, 3.63) is 164 Å². The highest BCUT2D eigenvalue weighted by Gasteiger charge is 2.51. The number of methoxy groups -OCH3 is 2. The number of imide groups is 1. The molecule has 0 unspecified atom stereocenters. The Labute approximate surface area is 335 Å². The zero-order valence-electron chi connectivity index (χ0n) is 32.5. The zero-order valence-corrected chi connectivity index (χ0v) is 32.5. The van der Waals surface area contributed by atoms with Gasteiger partial charge in [0.25, 0.3) is 17.4 Å². The number of unbranched alkanes of at least 4 members (excludes halogenated alkanes) is 3. The minimum absolute atomic E-state index is 0.106. The molecule has 2 aliphatic rings. The molecule has 1 fully saturated rings. The molecular formula is C44H46N4O10. The lowest BCUT2D eigenvalue weighted by Crippen LogP contribution is -2.51. The molecule has 4 atom stereocenters. The third-order valence-electron chi connectivity index (χ3n) is 10.5. The fourth-order valence-corrected chi connectivity index (χ4v) is 7.50. The molecule has 14 heteroatoms. The first-order chi connectivity index (χ1) is 28.2. The molecule has 1 saturated heterocycles. The topological polar surface area (TPSA) is 162 Å². The highest BCUT2D eigenvalue weighted by atomic mass is 16.7. The van der Waals surface area contributed by atoms with Crippen LogP contribution in [-0.4, -0.2) is 82.3 Å². The number of hydrogen-bond acceptors (Lipinski definition) is 11. The number of benzene rings is 4. The Morgan fingerprint density at radius 3 is 1.86 bits per heavy atom. The van der Waals surface area contributed by atoms with Crippen LogP contribution >= 0.6 is 0 Å². The summed E-state index contributed by atoms with van der Waals surface area (Å²) in [6, 6.07) is 32.1. The molecule has 0 aliphatic carbocycles. The number of carbonyl (C=O) groups is 2. The zero-order chi connectivity index (χ0) is 40.8. The Balaban J connectivity index is 1.28. The number of carbonyl (C=O) groups excluding carboxylic acids is 2. The van der Waals surface area contributed by atoms with E-state index in [1.807, 2.05) is 78.9 Å². The Hall–Kier alpha value is -5.90. The number of nitrogens with zero attached hydrogens (tertiary/aromatic N) is 3. The molecule has 7 rings (SSSR count). The van der Waals surface area contributed by atoms with Crippen LogP contribution < -0.4 is 20.7 Å². The van der Waals surface area contributed by atoms with Crippen LogP contribution in [0, 0.1) is 0 Å². The standard InChI is InChI=1S/C44H46N4O10/c1-4-5-6-12-26-47(48-40(51)34-15-10-11-16-35(34)41(48)52)58-39-38(50)36(57-42(39)46-27-25-37(49)45-43(46)53)28-56-44(29-13-8-7-9-14-29,30-17-21-32(54-2)22-18-30)31-19-23-33(55-3)24-20-31/h7-11,13-25,27,36,38-39,42,50H,4-6,12,26,28H2,1-3H3,(H,45,49,53)/t36-,38-,39-,42-/m1/s1. The van der Waals surface area contributed by atoms with Crippen LogP contribution in [0.15, 0.2) is 125 Å². The van der Waals surface area contributed by atoms with Gasteiger partial charge in [0, 0.05) is 18.8 Å². The Bertz CT molecular complexity index is 2230. The highest BCUT2D eigenvalue weighted by molar-refractivity contribution is 6.20. The van der Waals surface area contributed by atoms with Gasteiger partial charge in [0.05, 0.1) is 32.0 Å². The van der Waals surface area contributed by atoms with E-state index in [1.165, 1.54) is 6.20 Å². The summed E-state index contributed by atoms with van der Waals surface area (Å²) in [5.74, 6) is 0.102. The molecule has 1 aromatic heterocycles. The van der Waals surface area contributed by atoms with Gasteiger partial charge >= 0.3 is 5.69 Å². The number of ether oxygens (including phenoxy) is 4. The SMILES string of the molecule is CCCCCCN(O[C@@H]1[C@H](O)[C@@H](COC(c2ccccc2)(c2ccc(OC)cc2)c2ccc(OC)cc2)O[C@H]1n1ccc(=O)[nH]c1=O)N1C(=O)c2ccccc2C1=O. The summed E-state index contributed by atoms with van der Waals surface area (Å²) in [5, 5.41) is 14.3. The summed E-state index contributed by atoms with van der Waals surface area (Å²) in [5.41, 5.74) is -0.0545. The van der Waals surface area contributed by atoms with Crippen molar-refractivity contribution in [3.8, 4) is 11.5 Å². The Morgan fingerprint density at radius 2 is 1.31 bits per heavy atom. The number of fused-ring (bicyclic) bond motifs is 1. The molecule has 4 aromatic carbocycles. The van der Waals surface area contributed by atoms with Crippen molar-refractivity contribution in [3.63, 3.8) is 0 Å². The fraction of sp³-hybridized carbons (Fsp3) is 0.318. The second kappa shape index (κ2) is 17.7. The monoisotopic (exact) mass is 790 g/mol. The van der Waals surface area contributed by atoms with Gasteiger partial charge in [-0.1, -0.05) is 98.1 Å². The van der Waals surface area contributed by atoms with Crippen molar-refractivity contribution < 1.29 is 38.5 Å². The number of hydroxylamine groups is 1. The lowest BCUT2D eigenvalue weighted by atomic mass is 9.80. The molecule has 5 aromatic rings. The number of H-pyrrole nitrogens is 1. The minimum atomic E-state index is -1.49. The summed E-state index contributed by atoms with van der Waals surface area (Å²) < 4.78 is 25.6. The first-order valence-corrected chi connectivity index (χ1v) is 19.3. The van der Waals surface area contributed by atoms with E-state index in [-0.39, 0.29) is 24.3 Å². The molecule has 58 heavy (non-hydrogen) atoms. The van der Waals surface area contributed by atoms with Gasteiger partial charge in [-0.2, -0.15) is 5.01 Å². The molecule has 0 bridgehead atoms. The number of aliphatic hydroxyl groups excluding tert-OH is 1. The smallest absolute Gasteiger partial charge is 0.330 e. The van der Waals surface area contributed by atoms with Crippen LogP contribution in [0.25, 0.3) is 0 Å². The molecule has 2 amide bonds. The molecule has 0 saturated carbocycles. The minimum Gasteiger partial charge on any atom is -0.497 e. The number of aromatic amines is 1. The Morgan fingerprint density at radius 1 is 0.741 bits per heavy atom. The van der Waals surface area contributed by atoms with Crippen LogP contribution in [0.1, 0.15) is 76.2 Å². The fourth-order valence-electron chi connectivity index (χ4n) is 7.50. The Kier molecular flexibility index (Phi) is 12.3. The summed E-state index contributed by atoms with van der Waals surface area (Å²) in [4.78, 5) is 61.7. The van der Waals surface area contributed by atoms with Crippen molar-refractivity contribution in [2.24, 2.45) is 0 Å². The van der Waals surface area contributed by atoms with E-state index in [0.29, 0.717) is 17.9 Å². The molecule has 0 spiro atoms. The van der Waals surface area contributed by atoms with Crippen molar-refractivity contribution in [2.75, 3.05) is 27.4 Å². The van der Waals surface area contributed by atoms with Crippen molar-refractivity contribution >= 4 is 11.8 Å². The van der Waals surface area contributed by atoms with Gasteiger partial charge in [-0.15, -0.1) is 0 Å². The van der Waals surface area contributed by atoms with Gasteiger partial charge in [-0.25, -0.2) is 4.79 Å². The van der Waals surface area contributed by atoms with Gasteiger partial charge < -0.3 is 24.1 Å². The largest absolute Gasteiger partial charge is 0.497 e. The summed E-state index contributed by atoms with van der Waals surface area (Å²) in [6.07, 6.45) is -0.921. The van der Waals surface area contributed by atoms with E-state index in [1.54, 1.807) is 38.5 Å². The van der Waals surface area contributed by atoms with E-state index < -0.39 is 53.2 Å². The van der Waals surface area contributed by atoms with E-state index in [4.69, 9.17) is 23.8 Å². The third kappa shape index (κ3) is 7.84. The molecule has 0 radical (unpaired) electrons. The van der Waals surface area contributed by atoms with E-state index in [0.717, 1.165) is 56.8 Å². The number of rotatable bonds is 17. The summed E-state index contributed by atoms with van der Waals surface area (Å²) >= 11 is 0. The lowest BCUT2D eigenvalue weighted by molar-refractivity contribution is -0.295. The maximum Gasteiger partial charge on any atom is 0.330 e. The quantitative estimate of drug-likeness (QED) is 0.0551. The number of hydrazine groups is 1. The van der Waals surface area contributed by atoms with Crippen LogP contribution in [-0.2, 0) is 19.9 Å². The van der Waals surface area contributed by atoms with Gasteiger partial charge in [0.15, 0.2) is 12.3 Å². The molecule has 302 valence electrons. The predicted molar refractivity (Wildman–Crippen MR) is 212 cm³/mol. The molecule has 2 N–H and O–H groups in total. The van der Waals surface area contributed by atoms with Gasteiger partial charge in [0.1, 0.15) is 29.3 Å². The molecule has 14 nitrogen and oxygen atoms in total. The average molecular weight is 791 g/mol. The number of hydrogen-bond donors (Lipinski definition) is 2.